The number of carbonyl (C=O) groups is 1. The van der Waals surface area contributed by atoms with E-state index in [1.54, 1.807) is 18.2 Å². The number of hydrogen-bond donors (Lipinski definition) is 0. The van der Waals surface area contributed by atoms with Crippen LogP contribution in [0.5, 0.6) is 11.5 Å². The van der Waals surface area contributed by atoms with E-state index in [1.807, 2.05) is 0 Å². The van der Waals surface area contributed by atoms with E-state index in [0.29, 0.717) is 22.8 Å². The van der Waals surface area contributed by atoms with Crippen LogP contribution >= 0.6 is 0 Å². The van der Waals surface area contributed by atoms with Gasteiger partial charge in [-0.1, -0.05) is 0 Å². The van der Waals surface area contributed by atoms with Crippen molar-refractivity contribution in [2.45, 2.75) is 19.4 Å². The first-order chi connectivity index (χ1) is 14.3. The molecule has 0 saturated carbocycles. The minimum Gasteiger partial charge on any atom is -0.497 e. The monoisotopic (exact) mass is 414 g/mol. The lowest BCUT2D eigenvalue weighted by Crippen LogP contribution is -2.30. The Morgan fingerprint density at radius 1 is 1.00 bits per heavy atom. The third-order valence-corrected chi connectivity index (χ3v) is 4.61. The smallest absolute Gasteiger partial charge is 0.267 e. The Bertz CT molecular complexity index is 1100. The number of nitrogens with zero attached hydrogens (tertiary/aromatic N) is 2. The van der Waals surface area contributed by atoms with Gasteiger partial charge >= 0.3 is 0 Å². The van der Waals surface area contributed by atoms with E-state index in [0.717, 1.165) is 22.9 Å². The van der Waals surface area contributed by atoms with Gasteiger partial charge in [0.15, 0.2) is 5.78 Å². The summed E-state index contributed by atoms with van der Waals surface area (Å²) in [7, 11) is 3.03. The number of halogens is 2. The summed E-state index contributed by atoms with van der Waals surface area (Å²) in [5.74, 6) is -0.860. The maximum atomic E-state index is 13.4. The lowest BCUT2D eigenvalue weighted by molar-refractivity contribution is -0.121. The number of ketones is 1. The van der Waals surface area contributed by atoms with E-state index in [-0.39, 0.29) is 12.0 Å². The molecule has 0 N–H and O–H groups in total. The molecular weight excluding hydrogens is 394 g/mol. The van der Waals surface area contributed by atoms with Crippen molar-refractivity contribution in [3.63, 3.8) is 0 Å². The van der Waals surface area contributed by atoms with Gasteiger partial charge in [0.25, 0.3) is 5.56 Å². The van der Waals surface area contributed by atoms with Crippen LogP contribution in [0.1, 0.15) is 18.5 Å². The van der Waals surface area contributed by atoms with Crippen molar-refractivity contribution in [3.05, 3.63) is 76.1 Å². The van der Waals surface area contributed by atoms with Crippen molar-refractivity contribution >= 4 is 5.78 Å². The van der Waals surface area contributed by atoms with E-state index in [9.17, 15) is 18.4 Å². The van der Waals surface area contributed by atoms with Gasteiger partial charge in [-0.05, 0) is 42.8 Å². The molecule has 1 heterocycles. The van der Waals surface area contributed by atoms with Crippen LogP contribution in [0, 0.1) is 11.6 Å². The maximum absolute atomic E-state index is 13.4. The van der Waals surface area contributed by atoms with E-state index in [4.69, 9.17) is 9.47 Å². The second-order valence-electron chi connectivity index (χ2n) is 6.70. The summed E-state index contributed by atoms with van der Waals surface area (Å²) < 4.78 is 38.3. The number of Topliss-reactive ketones (excluding diaryl/α,β-unsaturated/α-hetero) is 1. The third-order valence-electron chi connectivity index (χ3n) is 4.61. The van der Waals surface area contributed by atoms with Crippen LogP contribution in [-0.2, 0) is 11.2 Å². The Hall–Kier alpha value is -3.55. The molecule has 0 spiro atoms. The summed E-state index contributed by atoms with van der Waals surface area (Å²) in [6.45, 7) is 1.52. The lowest BCUT2D eigenvalue weighted by atomic mass is 10.0. The van der Waals surface area contributed by atoms with Gasteiger partial charge in [0, 0.05) is 30.2 Å². The van der Waals surface area contributed by atoms with Crippen molar-refractivity contribution in [1.29, 1.82) is 0 Å². The summed E-state index contributed by atoms with van der Waals surface area (Å²) >= 11 is 0. The minimum atomic E-state index is -0.934. The summed E-state index contributed by atoms with van der Waals surface area (Å²) in [6.07, 6.45) is -0.235. The molecule has 30 heavy (non-hydrogen) atoms. The first kappa shape index (κ1) is 21.2. The summed E-state index contributed by atoms with van der Waals surface area (Å²) in [4.78, 5) is 25.0. The molecule has 0 fully saturated rings. The molecule has 0 amide bonds. The third kappa shape index (κ3) is 4.71. The highest BCUT2D eigenvalue weighted by molar-refractivity contribution is 5.84. The molecule has 156 valence electrons. The molecule has 3 rings (SSSR count). The topological polar surface area (TPSA) is 70.4 Å². The van der Waals surface area contributed by atoms with Crippen LogP contribution in [-0.4, -0.2) is 29.8 Å². The Kier molecular flexibility index (Phi) is 6.25. The zero-order valence-electron chi connectivity index (χ0n) is 16.7. The molecule has 1 aromatic heterocycles. The van der Waals surface area contributed by atoms with E-state index in [1.165, 1.54) is 33.3 Å². The van der Waals surface area contributed by atoms with Gasteiger partial charge < -0.3 is 9.47 Å². The van der Waals surface area contributed by atoms with Crippen molar-refractivity contribution in [2.24, 2.45) is 0 Å². The zero-order chi connectivity index (χ0) is 21.8. The molecule has 0 aliphatic rings. The number of aromatic nitrogens is 2. The van der Waals surface area contributed by atoms with Crippen LogP contribution in [0.3, 0.4) is 0 Å². The van der Waals surface area contributed by atoms with Crippen molar-refractivity contribution in [1.82, 2.24) is 9.78 Å². The summed E-state index contributed by atoms with van der Waals surface area (Å²) in [6, 6.07) is 9.96. The number of methoxy groups -OCH3 is 2. The van der Waals surface area contributed by atoms with Gasteiger partial charge in [-0.15, -0.1) is 0 Å². The van der Waals surface area contributed by atoms with E-state index < -0.39 is 29.0 Å². The average Bonchev–Trinajstić information content (AvgIpc) is 2.72. The predicted octanol–water partition coefficient (Wildman–Crippen LogP) is 3.58. The quantitative estimate of drug-likeness (QED) is 0.591. The molecular formula is C22H20F2N2O4. The zero-order valence-corrected chi connectivity index (χ0v) is 16.7. The number of benzene rings is 2. The molecule has 6 nitrogen and oxygen atoms in total. The van der Waals surface area contributed by atoms with E-state index in [2.05, 4.69) is 5.10 Å². The number of hydrogen-bond acceptors (Lipinski definition) is 5. The van der Waals surface area contributed by atoms with E-state index >= 15 is 0 Å². The summed E-state index contributed by atoms with van der Waals surface area (Å²) in [5, 5.41) is 4.32. The highest BCUT2D eigenvalue weighted by Gasteiger charge is 2.19. The second kappa shape index (κ2) is 8.86. The number of carbonyl (C=O) groups excluding carboxylic acids is 1. The van der Waals surface area contributed by atoms with Crippen molar-refractivity contribution in [2.75, 3.05) is 14.2 Å². The highest BCUT2D eigenvalue weighted by atomic mass is 19.1. The SMILES string of the molecule is COc1cc(OC)cc(-c2ccc(=O)n(C(C)C(=O)Cc3cc(F)cc(F)c3)n2)c1. The Labute approximate surface area is 171 Å². The Morgan fingerprint density at radius 2 is 1.60 bits per heavy atom. The lowest BCUT2D eigenvalue weighted by Gasteiger charge is -2.15. The van der Waals surface area contributed by atoms with Gasteiger partial charge in [0.1, 0.15) is 29.2 Å². The number of rotatable bonds is 7. The van der Waals surface area contributed by atoms with Crippen LogP contribution in [0.15, 0.2) is 53.3 Å². The van der Waals surface area contributed by atoms with Gasteiger partial charge in [-0.2, -0.15) is 5.10 Å². The van der Waals surface area contributed by atoms with Crippen molar-refractivity contribution < 1.29 is 23.0 Å². The first-order valence-electron chi connectivity index (χ1n) is 9.11. The van der Waals surface area contributed by atoms with Crippen LogP contribution in [0.2, 0.25) is 0 Å². The van der Waals surface area contributed by atoms with Gasteiger partial charge in [0.05, 0.1) is 19.9 Å². The fourth-order valence-electron chi connectivity index (χ4n) is 3.01. The highest BCUT2D eigenvalue weighted by Crippen LogP contribution is 2.28. The molecule has 0 aliphatic carbocycles. The van der Waals surface area contributed by atoms with Crippen LogP contribution in [0.25, 0.3) is 11.3 Å². The largest absolute Gasteiger partial charge is 0.497 e. The molecule has 0 bridgehead atoms. The molecule has 3 aromatic rings. The Morgan fingerprint density at radius 3 is 2.17 bits per heavy atom. The van der Waals surface area contributed by atoms with Crippen LogP contribution in [0.4, 0.5) is 8.78 Å². The van der Waals surface area contributed by atoms with Gasteiger partial charge in [-0.3, -0.25) is 9.59 Å². The fourth-order valence-corrected chi connectivity index (χ4v) is 3.01. The second-order valence-corrected chi connectivity index (χ2v) is 6.70. The Balaban J connectivity index is 1.93. The summed E-state index contributed by atoms with van der Waals surface area (Å²) in [5.41, 5.74) is 0.779. The van der Waals surface area contributed by atoms with Crippen molar-refractivity contribution in [3.8, 4) is 22.8 Å². The molecule has 0 saturated heterocycles. The molecule has 0 radical (unpaired) electrons. The maximum Gasteiger partial charge on any atom is 0.267 e. The average molecular weight is 414 g/mol. The van der Waals surface area contributed by atoms with Crippen LogP contribution < -0.4 is 15.0 Å². The fraction of sp³-hybridized carbons (Fsp3) is 0.227. The molecule has 0 aliphatic heterocycles. The van der Waals surface area contributed by atoms with Gasteiger partial charge in [-0.25, -0.2) is 13.5 Å². The molecule has 1 atom stereocenters. The standard InChI is InChI=1S/C22H20F2N2O4/c1-13(21(27)8-14-6-16(23)11-17(24)7-14)26-22(28)5-4-20(25-26)15-9-18(29-2)12-19(10-15)30-3/h4-7,9-13H,8H2,1-3H3. The molecule has 2 aromatic carbocycles. The first-order valence-corrected chi connectivity index (χ1v) is 9.11. The molecule has 1 unspecified atom stereocenters. The minimum absolute atomic E-state index is 0.186. The normalized spacial score (nSPS) is 11.8. The predicted molar refractivity (Wildman–Crippen MR) is 107 cm³/mol. The van der Waals surface area contributed by atoms with Gasteiger partial charge in [0.2, 0.25) is 0 Å². The number of ether oxygens (including phenoxy) is 2. The molecule has 8 heteroatoms.